The summed E-state index contributed by atoms with van der Waals surface area (Å²) in [6.45, 7) is -1.01. The van der Waals surface area contributed by atoms with Crippen LogP contribution >= 0.6 is 12.4 Å². The summed E-state index contributed by atoms with van der Waals surface area (Å²) in [6.07, 6.45) is -4.48. The van der Waals surface area contributed by atoms with E-state index in [0.717, 1.165) is 6.07 Å². The fourth-order valence-corrected chi connectivity index (χ4v) is 1.16. The van der Waals surface area contributed by atoms with Gasteiger partial charge in [0, 0.05) is 0 Å². The highest BCUT2D eigenvalue weighted by Crippen LogP contribution is 2.33. The summed E-state index contributed by atoms with van der Waals surface area (Å²) in [4.78, 5) is 0. The second kappa shape index (κ2) is 5.32. The van der Waals surface area contributed by atoms with Gasteiger partial charge >= 0.3 is 6.18 Å². The molecule has 0 aromatic heterocycles. The fourth-order valence-electron chi connectivity index (χ4n) is 1.16. The van der Waals surface area contributed by atoms with Gasteiger partial charge in [0.15, 0.2) is 0 Å². The number of benzene rings is 1. The minimum Gasteiger partial charge on any atom is -0.322 e. The van der Waals surface area contributed by atoms with Gasteiger partial charge < -0.3 is 5.73 Å². The van der Waals surface area contributed by atoms with Crippen molar-refractivity contribution in [1.82, 2.24) is 0 Å². The molecule has 2 N–H and O–H groups in total. The molecule has 1 rings (SSSR count). The maximum absolute atomic E-state index is 12.4. The van der Waals surface area contributed by atoms with Crippen LogP contribution < -0.4 is 5.73 Å². The molecule has 0 aliphatic carbocycles. The SMILES string of the molecule is Cl.NC(CF)c1ccccc1C(F)(F)F. The molecule has 0 saturated heterocycles. The fraction of sp³-hybridized carbons (Fsp3) is 0.333. The summed E-state index contributed by atoms with van der Waals surface area (Å²) >= 11 is 0. The average Bonchev–Trinajstić information content (AvgIpc) is 2.15. The molecular formula is C9H10ClF4N. The lowest BCUT2D eigenvalue weighted by atomic mass is 10.0. The quantitative estimate of drug-likeness (QED) is 0.794. The zero-order valence-corrected chi connectivity index (χ0v) is 8.41. The first kappa shape index (κ1) is 14.2. The Hall–Kier alpha value is -0.810. The lowest BCUT2D eigenvalue weighted by molar-refractivity contribution is -0.138. The Morgan fingerprint density at radius 1 is 1.20 bits per heavy atom. The van der Waals surface area contributed by atoms with Crippen molar-refractivity contribution in [2.75, 3.05) is 6.67 Å². The first-order valence-corrected chi connectivity index (χ1v) is 3.94. The molecule has 0 aliphatic heterocycles. The summed E-state index contributed by atoms with van der Waals surface area (Å²) in [5, 5.41) is 0. The molecule has 1 aromatic rings. The highest BCUT2D eigenvalue weighted by atomic mass is 35.5. The Bertz CT molecular complexity index is 313. The maximum Gasteiger partial charge on any atom is 0.416 e. The highest BCUT2D eigenvalue weighted by Gasteiger charge is 2.34. The van der Waals surface area contributed by atoms with Crippen LogP contribution in [0.4, 0.5) is 17.6 Å². The van der Waals surface area contributed by atoms with E-state index in [1.165, 1.54) is 18.2 Å². The number of halogens is 5. The van der Waals surface area contributed by atoms with Crippen LogP contribution in [0.15, 0.2) is 24.3 Å². The Morgan fingerprint density at radius 2 is 1.73 bits per heavy atom. The predicted octanol–water partition coefficient (Wildman–Crippen LogP) is 3.10. The van der Waals surface area contributed by atoms with Crippen LogP contribution in [0.2, 0.25) is 0 Å². The van der Waals surface area contributed by atoms with Crippen molar-refractivity contribution in [2.45, 2.75) is 12.2 Å². The number of rotatable bonds is 2. The summed E-state index contributed by atoms with van der Waals surface area (Å²) in [6, 6.07) is 3.52. The van der Waals surface area contributed by atoms with Gasteiger partial charge in [-0.3, -0.25) is 0 Å². The molecule has 0 saturated carbocycles. The predicted molar refractivity (Wildman–Crippen MR) is 51.6 cm³/mol. The maximum atomic E-state index is 12.4. The first-order valence-electron chi connectivity index (χ1n) is 3.94. The smallest absolute Gasteiger partial charge is 0.322 e. The van der Waals surface area contributed by atoms with E-state index in [1.807, 2.05) is 0 Å². The second-order valence-corrected chi connectivity index (χ2v) is 2.85. The van der Waals surface area contributed by atoms with Crippen molar-refractivity contribution in [2.24, 2.45) is 5.73 Å². The molecule has 0 fully saturated rings. The standard InChI is InChI=1S/C9H9F4N.ClH/c10-5-8(14)6-3-1-2-4-7(6)9(11,12)13;/h1-4,8H,5,14H2;1H. The van der Waals surface area contributed by atoms with Crippen LogP contribution in [0.25, 0.3) is 0 Å². The van der Waals surface area contributed by atoms with E-state index in [-0.39, 0.29) is 18.0 Å². The zero-order valence-electron chi connectivity index (χ0n) is 7.59. The number of hydrogen-bond acceptors (Lipinski definition) is 1. The third-order valence-corrected chi connectivity index (χ3v) is 1.83. The van der Waals surface area contributed by atoms with Crippen molar-refractivity contribution < 1.29 is 17.6 Å². The molecule has 1 nitrogen and oxygen atoms in total. The number of hydrogen-bond donors (Lipinski definition) is 1. The number of alkyl halides is 4. The Labute approximate surface area is 90.7 Å². The summed E-state index contributed by atoms with van der Waals surface area (Å²) < 4.78 is 49.2. The largest absolute Gasteiger partial charge is 0.416 e. The van der Waals surface area contributed by atoms with Crippen LogP contribution in [0.1, 0.15) is 17.2 Å². The van der Waals surface area contributed by atoms with Gasteiger partial charge in [0.05, 0.1) is 11.6 Å². The van der Waals surface area contributed by atoms with Gasteiger partial charge in [-0.05, 0) is 11.6 Å². The molecule has 15 heavy (non-hydrogen) atoms. The third-order valence-electron chi connectivity index (χ3n) is 1.83. The Morgan fingerprint density at radius 3 is 2.20 bits per heavy atom. The molecule has 0 spiro atoms. The molecule has 0 amide bonds. The summed E-state index contributed by atoms with van der Waals surface area (Å²) in [5.74, 6) is 0. The third kappa shape index (κ3) is 3.35. The van der Waals surface area contributed by atoms with Crippen molar-refractivity contribution in [1.29, 1.82) is 0 Å². The molecular weight excluding hydrogens is 234 g/mol. The van der Waals surface area contributed by atoms with Gasteiger partial charge in [0.2, 0.25) is 0 Å². The van der Waals surface area contributed by atoms with Crippen LogP contribution in [-0.4, -0.2) is 6.67 Å². The molecule has 1 atom stereocenters. The molecule has 0 radical (unpaired) electrons. The van der Waals surface area contributed by atoms with Gasteiger partial charge in [0.25, 0.3) is 0 Å². The molecule has 1 aromatic carbocycles. The van der Waals surface area contributed by atoms with Gasteiger partial charge in [-0.1, -0.05) is 18.2 Å². The van der Waals surface area contributed by atoms with Crippen molar-refractivity contribution >= 4 is 12.4 Å². The van der Waals surface area contributed by atoms with Crippen LogP contribution in [0.3, 0.4) is 0 Å². The van der Waals surface area contributed by atoms with E-state index >= 15 is 0 Å². The lowest BCUT2D eigenvalue weighted by Crippen LogP contribution is -2.18. The van der Waals surface area contributed by atoms with E-state index in [9.17, 15) is 17.6 Å². The summed E-state index contributed by atoms with van der Waals surface area (Å²) in [5.41, 5.74) is 4.14. The minimum atomic E-state index is -4.48. The minimum absolute atomic E-state index is 0. The first-order chi connectivity index (χ1) is 6.46. The monoisotopic (exact) mass is 243 g/mol. The van der Waals surface area contributed by atoms with Gasteiger partial charge in [0.1, 0.15) is 6.67 Å². The lowest BCUT2D eigenvalue weighted by Gasteiger charge is -2.15. The van der Waals surface area contributed by atoms with Gasteiger partial charge in [-0.25, -0.2) is 4.39 Å². The van der Waals surface area contributed by atoms with Gasteiger partial charge in [-0.2, -0.15) is 13.2 Å². The average molecular weight is 244 g/mol. The molecule has 1 unspecified atom stereocenters. The Balaban J connectivity index is 0.00000196. The molecule has 0 aliphatic rings. The van der Waals surface area contributed by atoms with E-state index in [0.29, 0.717) is 0 Å². The van der Waals surface area contributed by atoms with E-state index in [4.69, 9.17) is 5.73 Å². The van der Waals surface area contributed by atoms with Crippen molar-refractivity contribution in [3.8, 4) is 0 Å². The highest BCUT2D eigenvalue weighted by molar-refractivity contribution is 5.85. The molecule has 0 bridgehead atoms. The van der Waals surface area contributed by atoms with E-state index in [2.05, 4.69) is 0 Å². The van der Waals surface area contributed by atoms with Crippen molar-refractivity contribution in [3.63, 3.8) is 0 Å². The van der Waals surface area contributed by atoms with Crippen LogP contribution in [-0.2, 0) is 6.18 Å². The molecule has 86 valence electrons. The molecule has 6 heteroatoms. The Kier molecular flexibility index (Phi) is 5.03. The zero-order chi connectivity index (χ0) is 10.8. The topological polar surface area (TPSA) is 26.0 Å². The normalized spacial score (nSPS) is 13.1. The van der Waals surface area contributed by atoms with Crippen molar-refractivity contribution in [3.05, 3.63) is 35.4 Å². The summed E-state index contributed by atoms with van der Waals surface area (Å²) in [7, 11) is 0. The van der Waals surface area contributed by atoms with E-state index < -0.39 is 24.5 Å². The van der Waals surface area contributed by atoms with Crippen LogP contribution in [0, 0.1) is 0 Å². The molecule has 0 heterocycles. The second-order valence-electron chi connectivity index (χ2n) is 2.85. The van der Waals surface area contributed by atoms with E-state index in [1.54, 1.807) is 0 Å². The van der Waals surface area contributed by atoms with Gasteiger partial charge in [-0.15, -0.1) is 12.4 Å². The van der Waals surface area contributed by atoms with Crippen LogP contribution in [0.5, 0.6) is 0 Å². The number of nitrogens with two attached hydrogens (primary N) is 1.